The summed E-state index contributed by atoms with van der Waals surface area (Å²) in [5.41, 5.74) is -1.36. The van der Waals surface area contributed by atoms with Crippen LogP contribution >= 0.6 is 0 Å². The first-order chi connectivity index (χ1) is 20.1. The Morgan fingerprint density at radius 1 is 0.930 bits per heavy atom. The molecule has 2 fully saturated rings. The van der Waals surface area contributed by atoms with Crippen LogP contribution in [0.1, 0.15) is 45.7 Å². The van der Waals surface area contributed by atoms with Gasteiger partial charge >= 0.3 is 0 Å². The number of aliphatic hydroxyl groups is 1. The number of rotatable bonds is 14. The van der Waals surface area contributed by atoms with Crippen LogP contribution in [0.2, 0.25) is 18.1 Å². The van der Waals surface area contributed by atoms with E-state index in [2.05, 4.69) is 40.4 Å². The van der Waals surface area contributed by atoms with Gasteiger partial charge in [-0.15, -0.1) is 6.58 Å². The van der Waals surface area contributed by atoms with Crippen molar-refractivity contribution in [3.05, 3.63) is 84.4 Å². The van der Waals surface area contributed by atoms with E-state index in [0.717, 1.165) is 11.1 Å². The molecule has 0 spiro atoms. The molecule has 2 aromatic rings. The summed E-state index contributed by atoms with van der Waals surface area (Å²) in [7, 11) is -0.730. The normalized spacial score (nSPS) is 28.4. The van der Waals surface area contributed by atoms with E-state index in [4.69, 9.17) is 32.8 Å². The van der Waals surface area contributed by atoms with Crippen LogP contribution in [-0.2, 0) is 46.1 Å². The fourth-order valence-corrected chi connectivity index (χ4v) is 6.54. The smallest absolute Gasteiger partial charge is 0.225 e. The molecule has 0 saturated carbocycles. The summed E-state index contributed by atoms with van der Waals surface area (Å²) in [6.45, 7) is 18.9. The Kier molecular flexibility index (Phi) is 10.1. The third-order valence-electron chi connectivity index (χ3n) is 8.93. The summed E-state index contributed by atoms with van der Waals surface area (Å²) in [4.78, 5) is 0. The van der Waals surface area contributed by atoms with Gasteiger partial charge in [0.1, 0.15) is 24.4 Å². The molecule has 0 aromatic heterocycles. The predicted molar refractivity (Wildman–Crippen MR) is 168 cm³/mol. The maximum atomic E-state index is 12.7. The molecule has 0 bridgehead atoms. The largest absolute Gasteiger partial charge is 0.413 e. The zero-order valence-corrected chi connectivity index (χ0v) is 28.1. The highest BCUT2D eigenvalue weighted by Gasteiger charge is 2.75. The van der Waals surface area contributed by atoms with Crippen molar-refractivity contribution in [1.82, 2.24) is 0 Å². The predicted octanol–water partition coefficient (Wildman–Crippen LogP) is 5.99. The van der Waals surface area contributed by atoms with Crippen LogP contribution in [0.5, 0.6) is 0 Å². The average molecular weight is 615 g/mol. The second-order valence-corrected chi connectivity index (χ2v) is 18.5. The van der Waals surface area contributed by atoms with Gasteiger partial charge in [0.15, 0.2) is 19.7 Å². The van der Waals surface area contributed by atoms with Crippen molar-refractivity contribution in [3.8, 4) is 0 Å². The van der Waals surface area contributed by atoms with Crippen LogP contribution in [0.25, 0.3) is 0 Å². The number of fused-ring (bicyclic) bond motifs is 1. The Balaban J connectivity index is 1.79. The summed E-state index contributed by atoms with van der Waals surface area (Å²) >= 11 is 0. The van der Waals surface area contributed by atoms with Crippen LogP contribution in [0, 0.1) is 0 Å². The first-order valence-corrected chi connectivity index (χ1v) is 17.9. The maximum absolute atomic E-state index is 12.7. The van der Waals surface area contributed by atoms with Crippen LogP contribution < -0.4 is 0 Å². The average Bonchev–Trinajstić information content (AvgIpc) is 3.35. The Bertz CT molecular complexity index is 1200. The molecule has 0 radical (unpaired) electrons. The van der Waals surface area contributed by atoms with Gasteiger partial charge in [-0.05, 0) is 43.1 Å². The summed E-state index contributed by atoms with van der Waals surface area (Å²) in [5, 5.41) is 12.6. The summed E-state index contributed by atoms with van der Waals surface area (Å²) in [6.07, 6.45) is -0.130. The van der Waals surface area contributed by atoms with Crippen LogP contribution in [0.4, 0.5) is 0 Å². The highest BCUT2D eigenvalue weighted by molar-refractivity contribution is 6.74. The monoisotopic (exact) mass is 614 g/mol. The molecule has 2 saturated heterocycles. The molecule has 2 heterocycles. The lowest BCUT2D eigenvalue weighted by atomic mass is 9.78. The minimum Gasteiger partial charge on any atom is -0.413 e. The molecule has 1 N–H and O–H groups in total. The molecule has 9 heteroatoms. The summed E-state index contributed by atoms with van der Waals surface area (Å²) in [5.74, 6) is -2.37. The van der Waals surface area contributed by atoms with E-state index in [1.807, 2.05) is 74.5 Å². The molecule has 2 aliphatic heterocycles. The van der Waals surface area contributed by atoms with Crippen molar-refractivity contribution in [2.24, 2.45) is 0 Å². The Labute approximate surface area is 258 Å². The Hall–Kier alpha value is -1.92. The van der Waals surface area contributed by atoms with Gasteiger partial charge in [0, 0.05) is 7.11 Å². The van der Waals surface area contributed by atoms with E-state index >= 15 is 0 Å². The third-order valence-corrected chi connectivity index (χ3v) is 13.4. The molecular weight excluding hydrogens is 564 g/mol. The number of hydrogen-bond donors (Lipinski definition) is 1. The quantitative estimate of drug-likeness (QED) is 0.205. The number of benzene rings is 2. The van der Waals surface area contributed by atoms with Crippen molar-refractivity contribution < 1.29 is 38.0 Å². The lowest BCUT2D eigenvalue weighted by molar-refractivity contribution is -0.333. The molecule has 0 aliphatic carbocycles. The summed E-state index contributed by atoms with van der Waals surface area (Å²) in [6, 6.07) is 19.7. The molecule has 8 nitrogen and oxygen atoms in total. The fraction of sp³-hybridized carbons (Fsp3) is 0.588. The van der Waals surface area contributed by atoms with Gasteiger partial charge in [0.2, 0.25) is 5.79 Å². The van der Waals surface area contributed by atoms with E-state index in [-0.39, 0.29) is 31.5 Å². The zero-order chi connectivity index (χ0) is 31.6. The van der Waals surface area contributed by atoms with Gasteiger partial charge < -0.3 is 38.0 Å². The van der Waals surface area contributed by atoms with Crippen molar-refractivity contribution >= 4 is 8.32 Å². The minimum absolute atomic E-state index is 0.0447. The fourth-order valence-electron chi connectivity index (χ4n) is 5.53. The highest BCUT2D eigenvalue weighted by Crippen LogP contribution is 2.55. The van der Waals surface area contributed by atoms with Crippen molar-refractivity contribution in [3.63, 3.8) is 0 Å². The Morgan fingerprint density at radius 3 is 2.05 bits per heavy atom. The lowest BCUT2D eigenvalue weighted by Gasteiger charge is -2.48. The van der Waals surface area contributed by atoms with E-state index in [1.54, 1.807) is 7.11 Å². The van der Waals surface area contributed by atoms with E-state index in [1.165, 1.54) is 6.08 Å². The first kappa shape index (κ1) is 34.0. The number of ether oxygens (including phenoxy) is 6. The molecule has 5 atom stereocenters. The third kappa shape index (κ3) is 7.00. The second kappa shape index (κ2) is 12.8. The molecule has 238 valence electrons. The van der Waals surface area contributed by atoms with Crippen LogP contribution in [-0.4, -0.2) is 75.3 Å². The molecule has 2 aromatic carbocycles. The highest BCUT2D eigenvalue weighted by atomic mass is 28.4. The molecule has 43 heavy (non-hydrogen) atoms. The Morgan fingerprint density at radius 2 is 1.51 bits per heavy atom. The van der Waals surface area contributed by atoms with Gasteiger partial charge in [0.25, 0.3) is 0 Å². The van der Waals surface area contributed by atoms with E-state index in [9.17, 15) is 5.11 Å². The SMILES string of the molecule is C=C[C@@](O)(CO[Si](C)(C)C(C)(C)C)[C@@]1(COCc2ccccc2)O[C@@]2(COC)OC(C)(C)O[C@H]2[C@@H]1OCc1ccccc1. The minimum atomic E-state index is -2.31. The molecule has 2 aliphatic rings. The van der Waals surface area contributed by atoms with Gasteiger partial charge in [-0.3, -0.25) is 0 Å². The van der Waals surface area contributed by atoms with Crippen LogP contribution in [0.15, 0.2) is 73.3 Å². The van der Waals surface area contributed by atoms with Crippen molar-refractivity contribution in [1.29, 1.82) is 0 Å². The van der Waals surface area contributed by atoms with Gasteiger partial charge in [-0.2, -0.15) is 0 Å². The van der Waals surface area contributed by atoms with Crippen molar-refractivity contribution in [2.45, 2.75) is 101 Å². The number of methoxy groups -OCH3 is 1. The first-order valence-electron chi connectivity index (χ1n) is 15.0. The van der Waals surface area contributed by atoms with Crippen molar-refractivity contribution in [2.75, 3.05) is 26.9 Å². The second-order valence-electron chi connectivity index (χ2n) is 13.6. The molecule has 0 amide bonds. The van der Waals surface area contributed by atoms with Crippen LogP contribution in [0.3, 0.4) is 0 Å². The maximum Gasteiger partial charge on any atom is 0.225 e. The van der Waals surface area contributed by atoms with E-state index in [0.29, 0.717) is 6.61 Å². The zero-order valence-electron chi connectivity index (χ0n) is 27.1. The molecular formula is C34H50O8Si. The summed E-state index contributed by atoms with van der Waals surface area (Å²) < 4.78 is 45.3. The molecule has 4 rings (SSSR count). The van der Waals surface area contributed by atoms with Gasteiger partial charge in [-0.25, -0.2) is 0 Å². The lowest BCUT2D eigenvalue weighted by Crippen LogP contribution is -2.67. The topological polar surface area (TPSA) is 84.8 Å². The molecule has 0 unspecified atom stereocenters. The number of hydrogen-bond acceptors (Lipinski definition) is 8. The van der Waals surface area contributed by atoms with E-state index < -0.39 is 43.3 Å². The van der Waals surface area contributed by atoms with Gasteiger partial charge in [0.05, 0.1) is 26.4 Å². The standard InChI is InChI=1S/C34H50O8Si/c1-10-32(35,23-39-43(8,9)30(2,3)4)33(24-37-21-26-17-13-11-14-18-26)28(38-22-27-19-15-12-16-20-27)29-34(42-33,25-36-7)41-31(5,6)40-29/h10-20,28-29,35H,1,21-25H2,2-9H3/t28-,29-,32+,33-,34+/m0/s1. The van der Waals surface area contributed by atoms with Gasteiger partial charge in [-0.1, -0.05) is 87.5 Å².